The fourth-order valence-electron chi connectivity index (χ4n) is 1.63. The van der Waals surface area contributed by atoms with Gasteiger partial charge in [0.15, 0.2) is 0 Å². The van der Waals surface area contributed by atoms with E-state index in [4.69, 9.17) is 11.6 Å². The fraction of sp³-hybridized carbons (Fsp3) is 0.417. The number of carbonyl (C=O) groups is 1. The zero-order chi connectivity index (χ0) is 13.0. The molecule has 98 valence electrons. The third kappa shape index (κ3) is 3.80. The molecule has 1 aliphatic heterocycles. The van der Waals surface area contributed by atoms with Crippen molar-refractivity contribution in [2.45, 2.75) is 5.25 Å². The SMILES string of the molecule is O=C(NCC1CSCCS1)c1cc(Cl)ccc1F. The van der Waals surface area contributed by atoms with Crippen LogP contribution in [0.4, 0.5) is 4.39 Å². The van der Waals surface area contributed by atoms with Crippen LogP contribution < -0.4 is 5.32 Å². The molecular formula is C12H13ClFNOS2. The maximum Gasteiger partial charge on any atom is 0.254 e. The van der Waals surface area contributed by atoms with E-state index in [1.807, 2.05) is 23.5 Å². The highest BCUT2D eigenvalue weighted by Crippen LogP contribution is 2.23. The Morgan fingerprint density at radius 1 is 1.50 bits per heavy atom. The normalized spacial score (nSPS) is 19.6. The lowest BCUT2D eigenvalue weighted by Gasteiger charge is -2.21. The summed E-state index contributed by atoms with van der Waals surface area (Å²) in [4.78, 5) is 11.8. The maximum atomic E-state index is 13.5. The minimum atomic E-state index is -0.539. The third-order valence-corrected chi connectivity index (χ3v) is 5.63. The molecule has 1 amide bonds. The van der Waals surface area contributed by atoms with Crippen LogP contribution in [0.3, 0.4) is 0 Å². The van der Waals surface area contributed by atoms with Crippen molar-refractivity contribution in [1.29, 1.82) is 0 Å². The number of nitrogens with one attached hydrogen (secondary N) is 1. The molecule has 1 aliphatic rings. The number of benzene rings is 1. The third-order valence-electron chi connectivity index (χ3n) is 2.55. The summed E-state index contributed by atoms with van der Waals surface area (Å²) in [5.74, 6) is 2.37. The van der Waals surface area contributed by atoms with E-state index in [1.165, 1.54) is 18.2 Å². The van der Waals surface area contributed by atoms with Gasteiger partial charge in [-0.1, -0.05) is 11.6 Å². The van der Waals surface area contributed by atoms with E-state index in [0.717, 1.165) is 17.3 Å². The number of hydrogen-bond acceptors (Lipinski definition) is 3. The second-order valence-electron chi connectivity index (χ2n) is 3.90. The van der Waals surface area contributed by atoms with Gasteiger partial charge in [-0.05, 0) is 18.2 Å². The summed E-state index contributed by atoms with van der Waals surface area (Å²) in [6.45, 7) is 0.572. The largest absolute Gasteiger partial charge is 0.351 e. The number of carbonyl (C=O) groups excluding carboxylic acids is 1. The van der Waals surface area contributed by atoms with Crippen molar-refractivity contribution in [3.05, 3.63) is 34.6 Å². The molecule has 1 aromatic rings. The van der Waals surface area contributed by atoms with Gasteiger partial charge in [0.2, 0.25) is 0 Å². The Balaban J connectivity index is 1.92. The average molecular weight is 306 g/mol. The second-order valence-corrected chi connectivity index (χ2v) is 6.90. The molecule has 1 fully saturated rings. The van der Waals surface area contributed by atoms with Gasteiger partial charge in [-0.2, -0.15) is 23.5 Å². The van der Waals surface area contributed by atoms with Crippen molar-refractivity contribution in [2.24, 2.45) is 0 Å². The van der Waals surface area contributed by atoms with Crippen LogP contribution in [0.1, 0.15) is 10.4 Å². The number of hydrogen-bond donors (Lipinski definition) is 1. The Morgan fingerprint density at radius 3 is 3.06 bits per heavy atom. The van der Waals surface area contributed by atoms with Gasteiger partial charge < -0.3 is 5.32 Å². The Bertz CT molecular complexity index is 438. The van der Waals surface area contributed by atoms with Crippen LogP contribution in [0.2, 0.25) is 5.02 Å². The zero-order valence-electron chi connectivity index (χ0n) is 9.62. The predicted octanol–water partition coefficient (Wildman–Crippen LogP) is 3.06. The number of amides is 1. The molecule has 0 saturated carbocycles. The first-order valence-electron chi connectivity index (χ1n) is 5.59. The minimum absolute atomic E-state index is 0.0102. The molecule has 6 heteroatoms. The predicted molar refractivity (Wildman–Crippen MR) is 77.3 cm³/mol. The van der Waals surface area contributed by atoms with Gasteiger partial charge in [-0.15, -0.1) is 0 Å². The van der Waals surface area contributed by atoms with E-state index in [1.54, 1.807) is 0 Å². The van der Waals surface area contributed by atoms with Gasteiger partial charge in [-0.25, -0.2) is 4.39 Å². The topological polar surface area (TPSA) is 29.1 Å². The molecule has 2 nitrogen and oxygen atoms in total. The summed E-state index contributed by atoms with van der Waals surface area (Å²) in [6, 6.07) is 4.00. The van der Waals surface area contributed by atoms with E-state index >= 15 is 0 Å². The van der Waals surface area contributed by atoms with Gasteiger partial charge in [0.05, 0.1) is 5.56 Å². The summed E-state index contributed by atoms with van der Waals surface area (Å²) in [5.41, 5.74) is 0.0102. The first-order valence-corrected chi connectivity index (χ1v) is 8.17. The molecule has 18 heavy (non-hydrogen) atoms. The summed E-state index contributed by atoms with van der Waals surface area (Å²) in [6.07, 6.45) is 0. The molecule has 1 aromatic carbocycles. The highest BCUT2D eigenvalue weighted by Gasteiger charge is 2.17. The molecule has 1 heterocycles. The number of halogens is 2. The van der Waals surface area contributed by atoms with Crippen LogP contribution >= 0.6 is 35.1 Å². The average Bonchev–Trinajstić information content (AvgIpc) is 2.40. The molecule has 0 aliphatic carbocycles. The summed E-state index contributed by atoms with van der Waals surface area (Å²) in [7, 11) is 0. The molecule has 1 atom stereocenters. The van der Waals surface area contributed by atoms with Gasteiger partial charge in [0.1, 0.15) is 5.82 Å². The maximum absolute atomic E-state index is 13.5. The number of rotatable bonds is 3. The van der Waals surface area contributed by atoms with Crippen molar-refractivity contribution in [2.75, 3.05) is 23.8 Å². The monoisotopic (exact) mass is 305 g/mol. The molecule has 0 bridgehead atoms. The first-order chi connectivity index (χ1) is 8.66. The van der Waals surface area contributed by atoms with Crippen LogP contribution in [0.25, 0.3) is 0 Å². The Hall–Kier alpha value is -0.390. The molecule has 0 aromatic heterocycles. The van der Waals surface area contributed by atoms with Crippen molar-refractivity contribution in [1.82, 2.24) is 5.32 Å². The van der Waals surface area contributed by atoms with E-state index in [9.17, 15) is 9.18 Å². The summed E-state index contributed by atoms with van der Waals surface area (Å²) < 4.78 is 13.5. The quantitative estimate of drug-likeness (QED) is 0.930. The second kappa shape index (κ2) is 6.68. The lowest BCUT2D eigenvalue weighted by Crippen LogP contribution is -2.33. The molecule has 0 radical (unpaired) electrons. The van der Waals surface area contributed by atoms with Gasteiger partial charge in [-0.3, -0.25) is 4.79 Å². The van der Waals surface area contributed by atoms with Crippen molar-refractivity contribution in [3.8, 4) is 0 Å². The smallest absolute Gasteiger partial charge is 0.254 e. The lowest BCUT2D eigenvalue weighted by molar-refractivity contribution is 0.0950. The highest BCUT2D eigenvalue weighted by atomic mass is 35.5. The van der Waals surface area contributed by atoms with E-state index in [0.29, 0.717) is 16.8 Å². The fourth-order valence-corrected chi connectivity index (χ4v) is 4.41. The van der Waals surface area contributed by atoms with Gasteiger partial charge in [0.25, 0.3) is 5.91 Å². The molecular weight excluding hydrogens is 293 g/mol. The molecule has 1 unspecified atom stereocenters. The van der Waals surface area contributed by atoms with Gasteiger partial charge >= 0.3 is 0 Å². The molecule has 1 saturated heterocycles. The first kappa shape index (κ1) is 14.0. The van der Waals surface area contributed by atoms with Crippen LogP contribution in [-0.2, 0) is 0 Å². The highest BCUT2D eigenvalue weighted by molar-refractivity contribution is 8.06. The van der Waals surface area contributed by atoms with E-state index < -0.39 is 11.7 Å². The van der Waals surface area contributed by atoms with Gasteiger partial charge in [0, 0.05) is 34.1 Å². The van der Waals surface area contributed by atoms with Crippen LogP contribution in [-0.4, -0.2) is 35.0 Å². The van der Waals surface area contributed by atoms with E-state index in [2.05, 4.69) is 5.32 Å². The Morgan fingerprint density at radius 2 is 2.33 bits per heavy atom. The Labute approximate surface area is 119 Å². The van der Waals surface area contributed by atoms with Crippen molar-refractivity contribution >= 4 is 41.0 Å². The van der Waals surface area contributed by atoms with Crippen LogP contribution in [0, 0.1) is 5.82 Å². The standard InChI is InChI=1S/C12H13ClFNOS2/c13-8-1-2-11(14)10(5-8)12(16)15-6-9-7-17-3-4-18-9/h1-2,5,9H,3-4,6-7H2,(H,15,16). The molecule has 2 rings (SSSR count). The summed E-state index contributed by atoms with van der Waals surface area (Å²) >= 11 is 9.50. The molecule has 1 N–H and O–H groups in total. The summed E-state index contributed by atoms with van der Waals surface area (Å²) in [5, 5.41) is 3.54. The van der Waals surface area contributed by atoms with Crippen molar-refractivity contribution < 1.29 is 9.18 Å². The number of thioether (sulfide) groups is 2. The minimum Gasteiger partial charge on any atom is -0.351 e. The van der Waals surface area contributed by atoms with Crippen LogP contribution in [0.15, 0.2) is 18.2 Å². The molecule has 0 spiro atoms. The lowest BCUT2D eigenvalue weighted by atomic mass is 10.2. The van der Waals surface area contributed by atoms with E-state index in [-0.39, 0.29) is 5.56 Å². The van der Waals surface area contributed by atoms with Crippen LogP contribution in [0.5, 0.6) is 0 Å². The zero-order valence-corrected chi connectivity index (χ0v) is 12.0. The van der Waals surface area contributed by atoms with Crippen molar-refractivity contribution in [3.63, 3.8) is 0 Å². The Kier molecular flexibility index (Phi) is 5.21.